The lowest BCUT2D eigenvalue weighted by Crippen LogP contribution is -2.38. The van der Waals surface area contributed by atoms with Crippen molar-refractivity contribution in [3.63, 3.8) is 0 Å². The first-order valence-electron chi connectivity index (χ1n) is 11.0. The summed E-state index contributed by atoms with van der Waals surface area (Å²) in [6, 6.07) is 10.9. The van der Waals surface area contributed by atoms with E-state index in [2.05, 4.69) is 67.5 Å². The van der Waals surface area contributed by atoms with Gasteiger partial charge in [-0.15, -0.1) is 0 Å². The molecule has 1 aliphatic heterocycles. The molecule has 3 rings (SSSR count). The van der Waals surface area contributed by atoms with Crippen LogP contribution in [0.5, 0.6) is 0 Å². The van der Waals surface area contributed by atoms with Gasteiger partial charge < -0.3 is 4.57 Å². The zero-order valence-electron chi connectivity index (χ0n) is 18.1. The Hall–Kier alpha value is -1.87. The highest BCUT2D eigenvalue weighted by Crippen LogP contribution is 2.23. The van der Waals surface area contributed by atoms with E-state index in [4.69, 9.17) is 0 Å². The molecule has 0 bridgehead atoms. The number of aryl methyl sites for hydroxylation is 2. The number of carbonyl (C=O) groups is 1. The largest absolute Gasteiger partial charge is 0.318 e. The molecule has 1 unspecified atom stereocenters. The molecule has 2 heterocycles. The Balaban J connectivity index is 1.73. The lowest BCUT2D eigenvalue weighted by Gasteiger charge is -2.30. The third kappa shape index (κ3) is 4.94. The van der Waals surface area contributed by atoms with Crippen molar-refractivity contribution in [1.82, 2.24) is 9.47 Å². The number of carbonyl (C=O) groups excluding carboxylic acids is 1. The lowest BCUT2D eigenvalue weighted by molar-refractivity contribution is 0.0892. The molecule has 3 nitrogen and oxygen atoms in total. The second-order valence-corrected chi connectivity index (χ2v) is 8.65. The molecule has 0 aliphatic carbocycles. The van der Waals surface area contributed by atoms with Gasteiger partial charge >= 0.3 is 0 Å². The average Bonchev–Trinajstić information content (AvgIpc) is 2.97. The molecule has 1 saturated heterocycles. The number of nitrogens with zero attached hydrogens (tertiary/aromatic N) is 2. The average molecular weight is 381 g/mol. The van der Waals surface area contributed by atoms with Gasteiger partial charge in [0.15, 0.2) is 5.78 Å². The van der Waals surface area contributed by atoms with Crippen LogP contribution in [-0.4, -0.2) is 34.9 Å². The van der Waals surface area contributed by atoms with Crippen molar-refractivity contribution >= 4 is 5.78 Å². The standard InChI is InChI=1S/C25H36N2O/c1-5-6-7-10-22-11-13-23(14-12-22)27-20(3)16-24(21(27)4)25(28)18-26-15-8-9-19(2)17-26/h11-14,16,19H,5-10,15,17-18H2,1-4H3. The number of Topliss-reactive ketones (excluding diaryl/α,β-unsaturated/α-hetero) is 1. The molecule has 0 amide bonds. The smallest absolute Gasteiger partial charge is 0.178 e. The van der Waals surface area contributed by atoms with Crippen molar-refractivity contribution in [2.75, 3.05) is 19.6 Å². The summed E-state index contributed by atoms with van der Waals surface area (Å²) in [5, 5.41) is 0. The first-order valence-corrected chi connectivity index (χ1v) is 11.0. The zero-order chi connectivity index (χ0) is 20.1. The van der Waals surface area contributed by atoms with Crippen LogP contribution in [0.25, 0.3) is 5.69 Å². The number of aromatic nitrogens is 1. The highest BCUT2D eigenvalue weighted by Gasteiger charge is 2.22. The minimum Gasteiger partial charge on any atom is -0.318 e. The topological polar surface area (TPSA) is 25.2 Å². The fraction of sp³-hybridized carbons (Fsp3) is 0.560. The van der Waals surface area contributed by atoms with E-state index >= 15 is 0 Å². The maximum Gasteiger partial charge on any atom is 0.178 e. The van der Waals surface area contributed by atoms with Crippen LogP contribution < -0.4 is 0 Å². The molecule has 2 aromatic rings. The van der Waals surface area contributed by atoms with Gasteiger partial charge in [0.25, 0.3) is 0 Å². The maximum absolute atomic E-state index is 13.0. The molecule has 28 heavy (non-hydrogen) atoms. The van der Waals surface area contributed by atoms with Crippen LogP contribution in [0, 0.1) is 19.8 Å². The minimum absolute atomic E-state index is 0.254. The fourth-order valence-corrected chi connectivity index (χ4v) is 4.55. The summed E-state index contributed by atoms with van der Waals surface area (Å²) in [4.78, 5) is 15.3. The number of benzene rings is 1. The SMILES string of the molecule is CCCCCc1ccc(-n2c(C)cc(C(=O)CN3CCCC(C)C3)c2C)cc1. The molecular formula is C25H36N2O. The normalized spacial score (nSPS) is 17.8. The van der Waals surface area contributed by atoms with E-state index in [1.807, 2.05) is 0 Å². The van der Waals surface area contributed by atoms with Crippen LogP contribution in [0.3, 0.4) is 0 Å². The summed E-state index contributed by atoms with van der Waals surface area (Å²) in [7, 11) is 0. The van der Waals surface area contributed by atoms with Crippen LogP contribution in [0.15, 0.2) is 30.3 Å². The molecule has 1 atom stereocenters. The highest BCUT2D eigenvalue weighted by atomic mass is 16.1. The van der Waals surface area contributed by atoms with E-state index in [1.165, 1.54) is 37.7 Å². The fourth-order valence-electron chi connectivity index (χ4n) is 4.55. The maximum atomic E-state index is 13.0. The molecule has 1 fully saturated rings. The molecule has 152 valence electrons. The Morgan fingerprint density at radius 2 is 1.89 bits per heavy atom. The van der Waals surface area contributed by atoms with Crippen molar-refractivity contribution in [2.24, 2.45) is 5.92 Å². The van der Waals surface area contributed by atoms with Crippen molar-refractivity contribution < 1.29 is 4.79 Å². The van der Waals surface area contributed by atoms with Crippen LogP contribution in [0.2, 0.25) is 0 Å². The summed E-state index contributed by atoms with van der Waals surface area (Å²) in [5.41, 5.74) is 5.62. The third-order valence-corrected chi connectivity index (χ3v) is 6.10. The number of piperidine rings is 1. The van der Waals surface area contributed by atoms with Crippen LogP contribution in [0.4, 0.5) is 0 Å². The van der Waals surface area contributed by atoms with Gasteiger partial charge in [0.1, 0.15) is 0 Å². The Kier molecular flexibility index (Phi) is 7.12. The van der Waals surface area contributed by atoms with Gasteiger partial charge in [0.2, 0.25) is 0 Å². The molecule has 1 aliphatic rings. The Labute approximate surface area is 170 Å². The van der Waals surface area contributed by atoms with Gasteiger partial charge in [0, 0.05) is 29.2 Å². The van der Waals surface area contributed by atoms with Crippen molar-refractivity contribution in [2.45, 2.75) is 66.2 Å². The van der Waals surface area contributed by atoms with Crippen LogP contribution in [-0.2, 0) is 6.42 Å². The predicted octanol–water partition coefficient (Wildman–Crippen LogP) is 5.74. The van der Waals surface area contributed by atoms with Crippen molar-refractivity contribution in [3.8, 4) is 5.69 Å². The Morgan fingerprint density at radius 1 is 1.14 bits per heavy atom. The van der Waals surface area contributed by atoms with Crippen LogP contribution >= 0.6 is 0 Å². The van der Waals surface area contributed by atoms with E-state index < -0.39 is 0 Å². The summed E-state index contributed by atoms with van der Waals surface area (Å²) in [6.07, 6.45) is 7.44. The molecule has 0 N–H and O–H groups in total. The molecule has 0 saturated carbocycles. The molecule has 1 aromatic carbocycles. The molecule has 1 aromatic heterocycles. The number of hydrogen-bond donors (Lipinski definition) is 0. The van der Waals surface area contributed by atoms with E-state index in [0.29, 0.717) is 12.5 Å². The Morgan fingerprint density at radius 3 is 2.57 bits per heavy atom. The predicted molar refractivity (Wildman–Crippen MR) is 118 cm³/mol. The van der Waals surface area contributed by atoms with E-state index in [1.54, 1.807) is 0 Å². The number of ketones is 1. The summed E-state index contributed by atoms with van der Waals surface area (Å²) in [6.45, 7) is 11.3. The number of hydrogen-bond acceptors (Lipinski definition) is 2. The van der Waals surface area contributed by atoms with Gasteiger partial charge in [-0.05, 0) is 75.8 Å². The first-order chi connectivity index (χ1) is 13.5. The first kappa shape index (κ1) is 20.9. The third-order valence-electron chi connectivity index (χ3n) is 6.10. The van der Waals surface area contributed by atoms with Crippen molar-refractivity contribution in [3.05, 3.63) is 52.8 Å². The second-order valence-electron chi connectivity index (χ2n) is 8.65. The molecular weight excluding hydrogens is 344 g/mol. The van der Waals surface area contributed by atoms with E-state index in [-0.39, 0.29) is 5.78 Å². The van der Waals surface area contributed by atoms with Crippen molar-refractivity contribution in [1.29, 1.82) is 0 Å². The van der Waals surface area contributed by atoms with E-state index in [9.17, 15) is 4.79 Å². The molecule has 0 radical (unpaired) electrons. The highest BCUT2D eigenvalue weighted by molar-refractivity contribution is 5.99. The van der Waals surface area contributed by atoms with E-state index in [0.717, 1.165) is 42.1 Å². The summed E-state index contributed by atoms with van der Waals surface area (Å²) >= 11 is 0. The van der Waals surface area contributed by atoms with Gasteiger partial charge in [-0.25, -0.2) is 0 Å². The summed E-state index contributed by atoms with van der Waals surface area (Å²) in [5.74, 6) is 0.953. The second kappa shape index (κ2) is 9.56. The van der Waals surface area contributed by atoms with Gasteiger partial charge in [-0.3, -0.25) is 9.69 Å². The number of rotatable bonds is 8. The monoisotopic (exact) mass is 380 g/mol. The molecule has 0 spiro atoms. The summed E-state index contributed by atoms with van der Waals surface area (Å²) < 4.78 is 2.22. The van der Waals surface area contributed by atoms with Gasteiger partial charge in [0.05, 0.1) is 6.54 Å². The zero-order valence-corrected chi connectivity index (χ0v) is 18.1. The Bertz CT molecular complexity index is 788. The van der Waals surface area contributed by atoms with Gasteiger partial charge in [-0.1, -0.05) is 38.8 Å². The van der Waals surface area contributed by atoms with Crippen LogP contribution in [0.1, 0.15) is 73.3 Å². The quantitative estimate of drug-likeness (QED) is 0.431. The number of unbranched alkanes of at least 4 members (excludes halogenated alkanes) is 2. The number of likely N-dealkylation sites (tertiary alicyclic amines) is 1. The minimum atomic E-state index is 0.254. The molecule has 3 heteroatoms. The van der Waals surface area contributed by atoms with Gasteiger partial charge in [-0.2, -0.15) is 0 Å². The lowest BCUT2D eigenvalue weighted by atomic mass is 9.99.